The molecule has 146 valence electrons. The third-order valence-corrected chi connectivity index (χ3v) is 4.73. The molecule has 0 aliphatic heterocycles. The lowest BCUT2D eigenvalue weighted by molar-refractivity contribution is -0.116. The minimum Gasteiger partial charge on any atom is -0.494 e. The molecule has 2 aromatic carbocycles. The lowest BCUT2D eigenvalue weighted by atomic mass is 9.87. The molecule has 0 saturated heterocycles. The van der Waals surface area contributed by atoms with Gasteiger partial charge >= 0.3 is 0 Å². The van der Waals surface area contributed by atoms with E-state index in [4.69, 9.17) is 4.74 Å². The van der Waals surface area contributed by atoms with Crippen LogP contribution in [0.2, 0.25) is 0 Å². The van der Waals surface area contributed by atoms with E-state index in [2.05, 4.69) is 58.1 Å². The maximum absolute atomic E-state index is 12.3. The molecule has 0 radical (unpaired) electrons. The number of anilines is 1. The lowest BCUT2D eigenvalue weighted by Crippen LogP contribution is -2.15. The molecule has 0 saturated carbocycles. The molecule has 3 nitrogen and oxygen atoms in total. The molecular weight excluding hydrogens is 334 g/mol. The van der Waals surface area contributed by atoms with Gasteiger partial charge in [-0.25, -0.2) is 0 Å². The molecular formula is C24H33NO2. The normalized spacial score (nSPS) is 11.5. The summed E-state index contributed by atoms with van der Waals surface area (Å²) in [6.07, 6.45) is 1.14. The molecule has 0 heterocycles. The summed E-state index contributed by atoms with van der Waals surface area (Å²) in [5.74, 6) is 1.27. The predicted octanol–water partition coefficient (Wildman–Crippen LogP) is 6.21. The molecule has 0 fully saturated rings. The van der Waals surface area contributed by atoms with Crippen molar-refractivity contribution in [1.82, 2.24) is 0 Å². The van der Waals surface area contributed by atoms with Crippen LogP contribution in [0, 0.1) is 6.92 Å². The van der Waals surface area contributed by atoms with Crippen LogP contribution in [-0.4, -0.2) is 12.5 Å². The summed E-state index contributed by atoms with van der Waals surface area (Å²) >= 11 is 0. The largest absolute Gasteiger partial charge is 0.494 e. The van der Waals surface area contributed by atoms with Crippen LogP contribution in [0.25, 0.3) is 0 Å². The van der Waals surface area contributed by atoms with Crippen molar-refractivity contribution in [3.05, 3.63) is 59.2 Å². The number of benzene rings is 2. The predicted molar refractivity (Wildman–Crippen MR) is 114 cm³/mol. The third-order valence-electron chi connectivity index (χ3n) is 4.73. The van der Waals surface area contributed by atoms with Crippen LogP contribution in [0.3, 0.4) is 0 Å². The van der Waals surface area contributed by atoms with E-state index in [0.29, 0.717) is 25.4 Å². The number of para-hydroxylation sites is 1. The average molecular weight is 368 g/mol. The SMILES string of the molecule is Cc1cccc(C(C)C)c1NC(=O)CCCOc1ccc(C(C)(C)C)cc1. The van der Waals surface area contributed by atoms with Gasteiger partial charge in [0.05, 0.1) is 6.61 Å². The quantitative estimate of drug-likeness (QED) is 0.590. The Morgan fingerprint density at radius 2 is 1.74 bits per heavy atom. The second kappa shape index (κ2) is 9.07. The second-order valence-corrected chi connectivity index (χ2v) is 8.47. The highest BCUT2D eigenvalue weighted by Crippen LogP contribution is 2.27. The van der Waals surface area contributed by atoms with E-state index in [-0.39, 0.29) is 11.3 Å². The van der Waals surface area contributed by atoms with Crippen molar-refractivity contribution in [1.29, 1.82) is 0 Å². The first-order chi connectivity index (χ1) is 12.7. The van der Waals surface area contributed by atoms with Gasteiger partial charge in [0.25, 0.3) is 0 Å². The Morgan fingerprint density at radius 3 is 2.33 bits per heavy atom. The minimum atomic E-state index is 0.0397. The minimum absolute atomic E-state index is 0.0397. The highest BCUT2D eigenvalue weighted by atomic mass is 16.5. The first-order valence-corrected chi connectivity index (χ1v) is 9.81. The fourth-order valence-electron chi connectivity index (χ4n) is 3.02. The Balaban J connectivity index is 1.82. The number of nitrogens with one attached hydrogen (secondary N) is 1. The Morgan fingerprint density at radius 1 is 1.07 bits per heavy atom. The Bertz CT molecular complexity index is 755. The first kappa shape index (κ1) is 21.0. The molecule has 0 atom stereocenters. The van der Waals surface area contributed by atoms with Gasteiger partial charge in [-0.15, -0.1) is 0 Å². The van der Waals surface area contributed by atoms with Gasteiger partial charge in [0, 0.05) is 12.1 Å². The van der Waals surface area contributed by atoms with Gasteiger partial charge in [-0.2, -0.15) is 0 Å². The summed E-state index contributed by atoms with van der Waals surface area (Å²) in [7, 11) is 0. The number of hydrogen-bond donors (Lipinski definition) is 1. The maximum atomic E-state index is 12.3. The molecule has 0 aliphatic rings. The van der Waals surface area contributed by atoms with Crippen LogP contribution < -0.4 is 10.1 Å². The van der Waals surface area contributed by atoms with E-state index in [0.717, 1.165) is 17.0 Å². The van der Waals surface area contributed by atoms with E-state index in [1.54, 1.807) is 0 Å². The van der Waals surface area contributed by atoms with Crippen LogP contribution in [0.15, 0.2) is 42.5 Å². The zero-order chi connectivity index (χ0) is 20.0. The van der Waals surface area contributed by atoms with Crippen molar-refractivity contribution in [2.45, 2.75) is 65.7 Å². The molecule has 0 spiro atoms. The molecule has 0 aromatic heterocycles. The van der Waals surface area contributed by atoms with Crippen LogP contribution in [0.4, 0.5) is 5.69 Å². The van der Waals surface area contributed by atoms with Crippen LogP contribution in [-0.2, 0) is 10.2 Å². The molecule has 0 aliphatic carbocycles. The molecule has 1 amide bonds. The van der Waals surface area contributed by atoms with Crippen molar-refractivity contribution < 1.29 is 9.53 Å². The molecule has 0 bridgehead atoms. The molecule has 3 heteroatoms. The maximum Gasteiger partial charge on any atom is 0.224 e. The van der Waals surface area contributed by atoms with Crippen LogP contribution in [0.5, 0.6) is 5.75 Å². The van der Waals surface area contributed by atoms with Crippen molar-refractivity contribution in [3.8, 4) is 5.75 Å². The van der Waals surface area contributed by atoms with Crippen LogP contribution >= 0.6 is 0 Å². The number of ether oxygens (including phenoxy) is 1. The number of carbonyl (C=O) groups excluding carboxylic acids is 1. The van der Waals surface area contributed by atoms with E-state index >= 15 is 0 Å². The standard InChI is InChI=1S/C24H33NO2/c1-17(2)21-10-7-9-18(3)23(21)25-22(26)11-8-16-27-20-14-12-19(13-15-20)24(4,5)6/h7,9-10,12-15,17H,8,11,16H2,1-6H3,(H,25,26). The molecule has 0 unspecified atom stereocenters. The highest BCUT2D eigenvalue weighted by Gasteiger charge is 2.13. The summed E-state index contributed by atoms with van der Waals surface area (Å²) in [6.45, 7) is 13.4. The lowest BCUT2D eigenvalue weighted by Gasteiger charge is -2.19. The molecule has 2 aromatic rings. The first-order valence-electron chi connectivity index (χ1n) is 9.81. The van der Waals surface area contributed by atoms with Gasteiger partial charge in [-0.1, -0.05) is 65.0 Å². The molecule has 1 N–H and O–H groups in total. The number of hydrogen-bond acceptors (Lipinski definition) is 2. The fraction of sp³-hybridized carbons (Fsp3) is 0.458. The highest BCUT2D eigenvalue weighted by molar-refractivity contribution is 5.92. The fourth-order valence-corrected chi connectivity index (χ4v) is 3.02. The van der Waals surface area contributed by atoms with Gasteiger partial charge in [-0.05, 0) is 53.5 Å². The van der Waals surface area contributed by atoms with Crippen molar-refractivity contribution >= 4 is 11.6 Å². The summed E-state index contributed by atoms with van der Waals surface area (Å²) < 4.78 is 5.78. The van der Waals surface area contributed by atoms with E-state index in [9.17, 15) is 4.79 Å². The Kier molecular flexibility index (Phi) is 7.06. The number of aryl methyl sites for hydroxylation is 1. The third kappa shape index (κ3) is 6.13. The summed E-state index contributed by atoms with van der Waals surface area (Å²) in [4.78, 5) is 12.3. The molecule has 2 rings (SSSR count). The zero-order valence-electron chi connectivity index (χ0n) is 17.6. The second-order valence-electron chi connectivity index (χ2n) is 8.47. The summed E-state index contributed by atoms with van der Waals surface area (Å²) in [5, 5.41) is 3.09. The van der Waals surface area contributed by atoms with Gasteiger partial charge in [-0.3, -0.25) is 4.79 Å². The van der Waals surface area contributed by atoms with Gasteiger partial charge in [0.1, 0.15) is 5.75 Å². The smallest absolute Gasteiger partial charge is 0.224 e. The van der Waals surface area contributed by atoms with Gasteiger partial charge < -0.3 is 10.1 Å². The summed E-state index contributed by atoms with van der Waals surface area (Å²) in [6, 6.07) is 14.4. The Labute approximate surface area is 164 Å². The molecule has 27 heavy (non-hydrogen) atoms. The van der Waals surface area contributed by atoms with Gasteiger partial charge in [0.15, 0.2) is 0 Å². The van der Waals surface area contributed by atoms with Crippen molar-refractivity contribution in [3.63, 3.8) is 0 Å². The topological polar surface area (TPSA) is 38.3 Å². The zero-order valence-corrected chi connectivity index (χ0v) is 17.6. The Hall–Kier alpha value is -2.29. The van der Waals surface area contributed by atoms with E-state index in [1.807, 2.05) is 31.2 Å². The summed E-state index contributed by atoms with van der Waals surface area (Å²) in [5.41, 5.74) is 4.66. The number of rotatable bonds is 7. The van der Waals surface area contributed by atoms with E-state index in [1.165, 1.54) is 11.1 Å². The monoisotopic (exact) mass is 367 g/mol. The number of carbonyl (C=O) groups is 1. The van der Waals surface area contributed by atoms with E-state index < -0.39 is 0 Å². The number of amides is 1. The van der Waals surface area contributed by atoms with Crippen molar-refractivity contribution in [2.75, 3.05) is 11.9 Å². The van der Waals surface area contributed by atoms with Crippen LogP contribution in [0.1, 0.15) is 70.1 Å². The van der Waals surface area contributed by atoms with Crippen molar-refractivity contribution in [2.24, 2.45) is 0 Å². The average Bonchev–Trinajstić information content (AvgIpc) is 2.60. The van der Waals surface area contributed by atoms with Gasteiger partial charge in [0.2, 0.25) is 5.91 Å².